The molecule has 1 amide bonds. The van der Waals surface area contributed by atoms with Crippen LogP contribution in [0.3, 0.4) is 0 Å². The summed E-state index contributed by atoms with van der Waals surface area (Å²) in [5.41, 5.74) is 2.64. The lowest BCUT2D eigenvalue weighted by Gasteiger charge is -2.29. The van der Waals surface area contributed by atoms with Gasteiger partial charge < -0.3 is 24.7 Å². The summed E-state index contributed by atoms with van der Waals surface area (Å²) < 4.78 is 10.9. The normalized spacial score (nSPS) is 18.8. The van der Waals surface area contributed by atoms with Gasteiger partial charge in [0.2, 0.25) is 0 Å². The molecule has 2 aromatic heterocycles. The number of likely N-dealkylation sites (tertiary alicyclic amines) is 1. The Morgan fingerprint density at radius 1 is 1.19 bits per heavy atom. The second kappa shape index (κ2) is 10.2. The number of imidazole rings is 1. The number of halogens is 2. The van der Waals surface area contributed by atoms with Crippen LogP contribution in [0.1, 0.15) is 42.0 Å². The largest absolute Gasteiger partial charge is 0.383 e. The first-order valence-corrected chi connectivity index (χ1v) is 12.4. The number of carbonyl (C=O) groups is 1. The van der Waals surface area contributed by atoms with Crippen molar-refractivity contribution in [3.05, 3.63) is 58.1 Å². The highest BCUT2D eigenvalue weighted by molar-refractivity contribution is 6.35. The maximum absolute atomic E-state index is 13.5. The Bertz CT molecular complexity index is 1430. The number of hydrogen-bond acceptors (Lipinski definition) is 7. The molecule has 0 bridgehead atoms. The van der Waals surface area contributed by atoms with Gasteiger partial charge in [-0.15, -0.1) is 0 Å². The van der Waals surface area contributed by atoms with Crippen LogP contribution in [-0.2, 0) is 9.47 Å². The molecular weight excluding hydrogens is 503 g/mol. The number of nitrogens with one attached hydrogen (secondary N) is 2. The van der Waals surface area contributed by atoms with Gasteiger partial charge >= 0.3 is 0 Å². The number of aromatic amines is 1. The van der Waals surface area contributed by atoms with Gasteiger partial charge in [-0.05, 0) is 50.1 Å². The average Bonchev–Trinajstić information content (AvgIpc) is 3.47. The summed E-state index contributed by atoms with van der Waals surface area (Å²) in [5.74, 6) is 1.11. The molecule has 5 rings (SSSR count). The molecule has 3 atom stereocenters. The smallest absolute Gasteiger partial charge is 0.257 e. The van der Waals surface area contributed by atoms with E-state index in [2.05, 4.69) is 25.3 Å². The molecule has 0 radical (unpaired) electrons. The molecule has 36 heavy (non-hydrogen) atoms. The Labute approximate surface area is 218 Å². The second-order valence-corrected chi connectivity index (χ2v) is 9.65. The number of nitrogens with zero attached hydrogens (tertiary/aromatic N) is 4. The molecule has 1 saturated heterocycles. The highest BCUT2D eigenvalue weighted by atomic mass is 35.5. The SMILES string of the molecule is COC[C@H]1CCC(OC)N1C(=O)c1cc2ncnc(NC(C)c3nc4ccc(Cl)cc4[nH]3)c2cc1Cl. The summed E-state index contributed by atoms with van der Waals surface area (Å²) >= 11 is 12.8. The molecule has 9 nitrogen and oxygen atoms in total. The number of rotatable bonds is 7. The molecular formula is C25H26Cl2N6O3. The first kappa shape index (κ1) is 24.7. The van der Waals surface area contributed by atoms with Gasteiger partial charge in [0.05, 0.1) is 45.8 Å². The van der Waals surface area contributed by atoms with Gasteiger partial charge in [-0.2, -0.15) is 0 Å². The van der Waals surface area contributed by atoms with Gasteiger partial charge in [-0.3, -0.25) is 4.79 Å². The standard InChI is InChI=1S/C25H26Cl2N6O3/c1-13(23-31-19-6-4-14(26)8-21(19)32-23)30-24-17-9-18(27)16(10-20(17)28-12-29-24)25(34)33-15(11-35-2)5-7-22(33)36-3/h4,6,8-10,12-13,15,22H,5,7,11H2,1-3H3,(H,31,32)(H,28,29,30)/t13?,15-,22?/m1/s1. The Morgan fingerprint density at radius 2 is 2.03 bits per heavy atom. The predicted octanol–water partition coefficient (Wildman–Crippen LogP) is 5.21. The van der Waals surface area contributed by atoms with Gasteiger partial charge in [-0.25, -0.2) is 15.0 Å². The second-order valence-electron chi connectivity index (χ2n) is 8.81. The van der Waals surface area contributed by atoms with Crippen LogP contribution < -0.4 is 5.32 Å². The van der Waals surface area contributed by atoms with Gasteiger partial charge in [0, 0.05) is 24.6 Å². The zero-order chi connectivity index (χ0) is 25.4. The fourth-order valence-corrected chi connectivity index (χ4v) is 5.12. The van der Waals surface area contributed by atoms with Crippen LogP contribution in [0.25, 0.3) is 21.9 Å². The molecule has 1 fully saturated rings. The van der Waals surface area contributed by atoms with Crippen molar-refractivity contribution in [2.45, 2.75) is 38.1 Å². The molecule has 2 unspecified atom stereocenters. The lowest BCUT2D eigenvalue weighted by molar-refractivity contribution is -0.0194. The van der Waals surface area contributed by atoms with Crippen LogP contribution in [0.4, 0.5) is 5.82 Å². The minimum atomic E-state index is -0.327. The third kappa shape index (κ3) is 4.59. The number of carbonyl (C=O) groups excluding carboxylic acids is 1. The van der Waals surface area contributed by atoms with Gasteiger partial charge in [0.15, 0.2) is 0 Å². The predicted molar refractivity (Wildman–Crippen MR) is 140 cm³/mol. The maximum Gasteiger partial charge on any atom is 0.257 e. The Morgan fingerprint density at radius 3 is 2.81 bits per heavy atom. The van der Waals surface area contributed by atoms with Crippen molar-refractivity contribution in [3.8, 4) is 0 Å². The Balaban J connectivity index is 1.45. The molecule has 0 saturated carbocycles. The number of ether oxygens (including phenoxy) is 2. The summed E-state index contributed by atoms with van der Waals surface area (Å²) in [6.45, 7) is 2.40. The van der Waals surface area contributed by atoms with Crippen molar-refractivity contribution >= 4 is 56.9 Å². The first-order chi connectivity index (χ1) is 17.4. The molecule has 1 aliphatic heterocycles. The molecule has 2 aromatic carbocycles. The number of anilines is 1. The lowest BCUT2D eigenvalue weighted by atomic mass is 10.1. The maximum atomic E-state index is 13.5. The minimum Gasteiger partial charge on any atom is -0.383 e. The molecule has 11 heteroatoms. The number of benzene rings is 2. The van der Waals surface area contributed by atoms with E-state index < -0.39 is 0 Å². The molecule has 0 aliphatic carbocycles. The third-order valence-electron chi connectivity index (χ3n) is 6.50. The van der Waals surface area contributed by atoms with E-state index in [1.54, 1.807) is 37.3 Å². The monoisotopic (exact) mass is 528 g/mol. The van der Waals surface area contributed by atoms with E-state index in [1.807, 2.05) is 19.1 Å². The van der Waals surface area contributed by atoms with E-state index in [0.29, 0.717) is 38.9 Å². The van der Waals surface area contributed by atoms with Crippen molar-refractivity contribution in [1.29, 1.82) is 0 Å². The summed E-state index contributed by atoms with van der Waals surface area (Å²) in [7, 11) is 3.23. The lowest BCUT2D eigenvalue weighted by Crippen LogP contribution is -2.44. The summed E-state index contributed by atoms with van der Waals surface area (Å²) in [5, 5.41) is 5.03. The van der Waals surface area contributed by atoms with E-state index in [0.717, 1.165) is 29.7 Å². The van der Waals surface area contributed by atoms with Gasteiger partial charge in [0.1, 0.15) is 24.2 Å². The number of amides is 1. The molecule has 4 aromatic rings. The summed E-state index contributed by atoms with van der Waals surface area (Å²) in [4.78, 5) is 32.0. The fourth-order valence-electron chi connectivity index (χ4n) is 4.71. The molecule has 2 N–H and O–H groups in total. The third-order valence-corrected chi connectivity index (χ3v) is 7.04. The van der Waals surface area contributed by atoms with Gasteiger partial charge in [0.25, 0.3) is 5.91 Å². The number of fused-ring (bicyclic) bond motifs is 2. The number of hydrogen-bond donors (Lipinski definition) is 2. The molecule has 188 valence electrons. The first-order valence-electron chi connectivity index (χ1n) is 11.6. The van der Waals surface area contributed by atoms with E-state index in [4.69, 9.17) is 32.7 Å². The summed E-state index contributed by atoms with van der Waals surface area (Å²) in [6, 6.07) is 8.66. The number of methoxy groups -OCH3 is 2. The van der Waals surface area contributed by atoms with Crippen LogP contribution in [0, 0.1) is 0 Å². The average molecular weight is 529 g/mol. The quantitative estimate of drug-likeness (QED) is 0.339. The summed E-state index contributed by atoms with van der Waals surface area (Å²) in [6.07, 6.45) is 2.67. The van der Waals surface area contributed by atoms with E-state index in [-0.39, 0.29) is 24.2 Å². The van der Waals surface area contributed by atoms with Crippen LogP contribution >= 0.6 is 23.2 Å². The van der Waals surface area contributed by atoms with Crippen molar-refractivity contribution in [1.82, 2.24) is 24.8 Å². The Kier molecular flexibility index (Phi) is 6.98. The molecule has 0 spiro atoms. The topological polar surface area (TPSA) is 105 Å². The van der Waals surface area contributed by atoms with Crippen LogP contribution in [0.15, 0.2) is 36.7 Å². The zero-order valence-electron chi connectivity index (χ0n) is 20.1. The number of H-pyrrole nitrogens is 1. The highest BCUT2D eigenvalue weighted by Crippen LogP contribution is 2.33. The van der Waals surface area contributed by atoms with Gasteiger partial charge in [-0.1, -0.05) is 23.2 Å². The molecule has 3 heterocycles. The number of aromatic nitrogens is 4. The van der Waals surface area contributed by atoms with Crippen LogP contribution in [0.2, 0.25) is 10.0 Å². The van der Waals surface area contributed by atoms with Crippen LogP contribution in [-0.4, -0.2) is 63.8 Å². The zero-order valence-corrected chi connectivity index (χ0v) is 21.6. The van der Waals surface area contributed by atoms with E-state index in [1.165, 1.54) is 6.33 Å². The highest BCUT2D eigenvalue weighted by Gasteiger charge is 2.38. The Hall–Kier alpha value is -2.98. The van der Waals surface area contributed by atoms with E-state index >= 15 is 0 Å². The van der Waals surface area contributed by atoms with Crippen molar-refractivity contribution in [3.63, 3.8) is 0 Å². The van der Waals surface area contributed by atoms with Crippen molar-refractivity contribution in [2.24, 2.45) is 0 Å². The fraction of sp³-hybridized carbons (Fsp3) is 0.360. The minimum absolute atomic E-state index is 0.0821. The van der Waals surface area contributed by atoms with E-state index in [9.17, 15) is 4.79 Å². The van der Waals surface area contributed by atoms with Crippen molar-refractivity contribution in [2.75, 3.05) is 26.1 Å². The van der Waals surface area contributed by atoms with Crippen molar-refractivity contribution < 1.29 is 14.3 Å². The molecule has 1 aliphatic rings. The van der Waals surface area contributed by atoms with Crippen LogP contribution in [0.5, 0.6) is 0 Å².